The van der Waals surface area contributed by atoms with Gasteiger partial charge in [-0.25, -0.2) is 9.97 Å². The molecule has 1 N–H and O–H groups in total. The molecular weight excluding hydrogens is 303 g/mol. The minimum Gasteiger partial charge on any atom is -0.350 e. The number of hydrogen-bond acceptors (Lipinski definition) is 4. The second-order valence-electron chi connectivity index (χ2n) is 3.65. The van der Waals surface area contributed by atoms with Crippen molar-refractivity contribution in [2.75, 3.05) is 24.5 Å². The van der Waals surface area contributed by atoms with Gasteiger partial charge in [0.25, 0.3) is 0 Å². The lowest BCUT2D eigenvalue weighted by molar-refractivity contribution is 0.462. The molecule has 0 aliphatic carbocycles. The van der Waals surface area contributed by atoms with Crippen LogP contribution < -0.4 is 10.2 Å². The molecule has 0 spiro atoms. The Bertz CT molecular complexity index is 331. The maximum Gasteiger partial charge on any atom is 0.145 e. The number of anilines is 1. The fraction of sp³-hybridized carbons (Fsp3) is 0.600. The SMILES string of the molecule is CCC1CNCCN1c1ncncc1I. The highest BCUT2D eigenvalue weighted by Crippen LogP contribution is 2.22. The fourth-order valence-electron chi connectivity index (χ4n) is 1.92. The minimum atomic E-state index is 0.558. The molecule has 2 heterocycles. The minimum absolute atomic E-state index is 0.558. The summed E-state index contributed by atoms with van der Waals surface area (Å²) in [5.74, 6) is 1.08. The van der Waals surface area contributed by atoms with Crippen molar-refractivity contribution >= 4 is 28.4 Å². The number of halogens is 1. The van der Waals surface area contributed by atoms with Gasteiger partial charge in [-0.15, -0.1) is 0 Å². The van der Waals surface area contributed by atoms with Crippen molar-refractivity contribution in [3.8, 4) is 0 Å². The first-order valence-electron chi connectivity index (χ1n) is 5.25. The van der Waals surface area contributed by atoms with Gasteiger partial charge in [-0.2, -0.15) is 0 Å². The van der Waals surface area contributed by atoms with Gasteiger partial charge in [0.15, 0.2) is 0 Å². The maximum atomic E-state index is 4.38. The molecule has 0 radical (unpaired) electrons. The average Bonchev–Trinajstić information content (AvgIpc) is 2.30. The van der Waals surface area contributed by atoms with Crippen LogP contribution >= 0.6 is 22.6 Å². The van der Waals surface area contributed by atoms with E-state index in [2.05, 4.69) is 49.7 Å². The zero-order valence-electron chi connectivity index (χ0n) is 8.78. The van der Waals surface area contributed by atoms with Gasteiger partial charge in [0.1, 0.15) is 12.1 Å². The summed E-state index contributed by atoms with van der Waals surface area (Å²) in [6.45, 7) is 5.34. The van der Waals surface area contributed by atoms with Crippen LogP contribution in [0.3, 0.4) is 0 Å². The van der Waals surface area contributed by atoms with E-state index in [-0.39, 0.29) is 0 Å². The zero-order valence-corrected chi connectivity index (χ0v) is 10.9. The van der Waals surface area contributed by atoms with Crippen molar-refractivity contribution < 1.29 is 0 Å². The van der Waals surface area contributed by atoms with Crippen LogP contribution in [0, 0.1) is 3.57 Å². The van der Waals surface area contributed by atoms with E-state index in [9.17, 15) is 0 Å². The Labute approximate surface area is 104 Å². The largest absolute Gasteiger partial charge is 0.350 e. The van der Waals surface area contributed by atoms with Gasteiger partial charge < -0.3 is 10.2 Å². The fourth-order valence-corrected chi connectivity index (χ4v) is 2.53. The number of piperazine rings is 1. The lowest BCUT2D eigenvalue weighted by Gasteiger charge is -2.36. The average molecular weight is 318 g/mol. The Morgan fingerprint density at radius 3 is 3.27 bits per heavy atom. The Morgan fingerprint density at radius 1 is 1.67 bits per heavy atom. The number of nitrogens with one attached hydrogen (secondary N) is 1. The molecule has 15 heavy (non-hydrogen) atoms. The van der Waals surface area contributed by atoms with Crippen LogP contribution in [0.25, 0.3) is 0 Å². The summed E-state index contributed by atoms with van der Waals surface area (Å²) in [4.78, 5) is 10.8. The normalized spacial score (nSPS) is 21.7. The van der Waals surface area contributed by atoms with Crippen LogP contribution in [0.1, 0.15) is 13.3 Å². The Balaban J connectivity index is 2.24. The molecule has 0 bridgehead atoms. The van der Waals surface area contributed by atoms with Gasteiger partial charge in [-0.1, -0.05) is 6.92 Å². The molecule has 0 saturated carbocycles. The molecule has 1 saturated heterocycles. The van der Waals surface area contributed by atoms with Crippen molar-refractivity contribution in [1.29, 1.82) is 0 Å². The van der Waals surface area contributed by atoms with Crippen molar-refractivity contribution in [2.24, 2.45) is 0 Å². The predicted octanol–water partition coefficient (Wildman–Crippen LogP) is 1.27. The van der Waals surface area contributed by atoms with Gasteiger partial charge in [-0.05, 0) is 29.0 Å². The first-order valence-corrected chi connectivity index (χ1v) is 6.33. The summed E-state index contributed by atoms with van der Waals surface area (Å²) in [5.41, 5.74) is 0. The quantitative estimate of drug-likeness (QED) is 0.834. The lowest BCUT2D eigenvalue weighted by Crippen LogP contribution is -2.51. The summed E-state index contributed by atoms with van der Waals surface area (Å²) in [7, 11) is 0. The highest BCUT2D eigenvalue weighted by Gasteiger charge is 2.23. The van der Waals surface area contributed by atoms with Crippen LogP contribution in [0.4, 0.5) is 5.82 Å². The van der Waals surface area contributed by atoms with Crippen LogP contribution in [0.2, 0.25) is 0 Å². The third-order valence-corrected chi connectivity index (χ3v) is 3.50. The van der Waals surface area contributed by atoms with Crippen LogP contribution in [-0.2, 0) is 0 Å². The van der Waals surface area contributed by atoms with Crippen LogP contribution in [0.15, 0.2) is 12.5 Å². The molecule has 1 aliphatic rings. The molecule has 0 amide bonds. The third-order valence-electron chi connectivity index (χ3n) is 2.74. The summed E-state index contributed by atoms with van der Waals surface area (Å²) in [6.07, 6.45) is 4.65. The number of nitrogens with zero attached hydrogens (tertiary/aromatic N) is 3. The predicted molar refractivity (Wildman–Crippen MR) is 69.0 cm³/mol. The third kappa shape index (κ3) is 2.39. The first-order chi connectivity index (χ1) is 7.33. The van der Waals surface area contributed by atoms with E-state index in [1.807, 2.05) is 6.20 Å². The monoisotopic (exact) mass is 318 g/mol. The summed E-state index contributed by atoms with van der Waals surface area (Å²) in [5, 5.41) is 3.42. The van der Waals surface area contributed by atoms with Crippen molar-refractivity contribution in [2.45, 2.75) is 19.4 Å². The first kappa shape index (κ1) is 11.1. The zero-order chi connectivity index (χ0) is 10.7. The second kappa shape index (κ2) is 5.07. The van der Waals surface area contributed by atoms with Gasteiger partial charge in [-0.3, -0.25) is 0 Å². The van der Waals surface area contributed by atoms with Crippen LogP contribution in [0.5, 0.6) is 0 Å². The molecule has 4 nitrogen and oxygen atoms in total. The number of aromatic nitrogens is 2. The van der Waals surface area contributed by atoms with Gasteiger partial charge in [0, 0.05) is 31.9 Å². The molecule has 1 atom stereocenters. The molecule has 2 rings (SSSR count). The lowest BCUT2D eigenvalue weighted by atomic mass is 10.1. The summed E-state index contributed by atoms with van der Waals surface area (Å²) < 4.78 is 1.13. The van der Waals surface area contributed by atoms with E-state index < -0.39 is 0 Å². The van der Waals surface area contributed by atoms with E-state index in [1.165, 1.54) is 0 Å². The maximum absolute atomic E-state index is 4.38. The molecule has 1 aromatic rings. The topological polar surface area (TPSA) is 41.0 Å². The Morgan fingerprint density at radius 2 is 2.53 bits per heavy atom. The van der Waals surface area contributed by atoms with Gasteiger partial charge >= 0.3 is 0 Å². The molecule has 82 valence electrons. The van der Waals surface area contributed by atoms with Gasteiger partial charge in [0.05, 0.1) is 3.57 Å². The molecule has 1 unspecified atom stereocenters. The highest BCUT2D eigenvalue weighted by molar-refractivity contribution is 14.1. The molecular formula is C10H15IN4. The van der Waals surface area contributed by atoms with Crippen molar-refractivity contribution in [1.82, 2.24) is 15.3 Å². The molecule has 1 fully saturated rings. The summed E-state index contributed by atoms with van der Waals surface area (Å²) in [6, 6.07) is 0.558. The molecule has 0 aromatic carbocycles. The van der Waals surface area contributed by atoms with E-state index in [0.717, 1.165) is 35.4 Å². The molecule has 5 heteroatoms. The van der Waals surface area contributed by atoms with Crippen LogP contribution in [-0.4, -0.2) is 35.6 Å². The second-order valence-corrected chi connectivity index (χ2v) is 4.82. The van der Waals surface area contributed by atoms with Crippen molar-refractivity contribution in [3.05, 3.63) is 16.1 Å². The standard InChI is InChI=1S/C10H15IN4/c1-2-8-5-12-3-4-15(8)10-9(11)6-13-7-14-10/h6-8,12H,2-5H2,1H3. The Kier molecular flexibility index (Phi) is 3.74. The van der Waals surface area contributed by atoms with E-state index in [4.69, 9.17) is 0 Å². The molecule has 1 aliphatic heterocycles. The smallest absolute Gasteiger partial charge is 0.145 e. The number of rotatable bonds is 2. The molecule has 1 aromatic heterocycles. The van der Waals surface area contributed by atoms with E-state index >= 15 is 0 Å². The van der Waals surface area contributed by atoms with E-state index in [1.54, 1.807) is 6.33 Å². The summed E-state index contributed by atoms with van der Waals surface area (Å²) >= 11 is 2.30. The number of hydrogen-bond donors (Lipinski definition) is 1. The van der Waals surface area contributed by atoms with E-state index in [0.29, 0.717) is 6.04 Å². The van der Waals surface area contributed by atoms with Crippen molar-refractivity contribution in [3.63, 3.8) is 0 Å². The Hall–Kier alpha value is -0.430. The van der Waals surface area contributed by atoms with Gasteiger partial charge in [0.2, 0.25) is 0 Å². The highest BCUT2D eigenvalue weighted by atomic mass is 127.